The average molecular weight is 214 g/mol. The van der Waals surface area contributed by atoms with Crippen molar-refractivity contribution in [3.05, 3.63) is 0 Å². The molecule has 0 bridgehead atoms. The van der Waals surface area contributed by atoms with Gasteiger partial charge in [-0.2, -0.15) is 0 Å². The van der Waals surface area contributed by atoms with Crippen LogP contribution in [-0.2, 0) is 4.74 Å². The van der Waals surface area contributed by atoms with Crippen LogP contribution in [0.2, 0.25) is 0 Å². The molecule has 1 fully saturated rings. The second-order valence-corrected chi connectivity index (χ2v) is 4.70. The van der Waals surface area contributed by atoms with Gasteiger partial charge in [0.15, 0.2) is 0 Å². The fourth-order valence-electron chi connectivity index (χ4n) is 2.39. The van der Waals surface area contributed by atoms with Gasteiger partial charge in [0.1, 0.15) is 0 Å². The van der Waals surface area contributed by atoms with Crippen LogP contribution < -0.4 is 5.32 Å². The largest absolute Gasteiger partial charge is 0.384 e. The molecule has 1 heterocycles. The van der Waals surface area contributed by atoms with Crippen LogP contribution in [0.4, 0.5) is 0 Å². The lowest BCUT2D eigenvalue weighted by Crippen LogP contribution is -2.32. The van der Waals surface area contributed by atoms with Gasteiger partial charge in [-0.3, -0.25) is 0 Å². The predicted octanol–water partition coefficient (Wildman–Crippen LogP) is 1.34. The van der Waals surface area contributed by atoms with Crippen molar-refractivity contribution in [1.82, 2.24) is 10.2 Å². The monoisotopic (exact) mass is 214 g/mol. The summed E-state index contributed by atoms with van der Waals surface area (Å²) in [6.07, 6.45) is 3.90. The second kappa shape index (κ2) is 7.20. The summed E-state index contributed by atoms with van der Waals surface area (Å²) in [7, 11) is 3.83. The summed E-state index contributed by atoms with van der Waals surface area (Å²) in [5.41, 5.74) is 0. The van der Waals surface area contributed by atoms with Crippen LogP contribution in [0.1, 0.15) is 26.2 Å². The van der Waals surface area contributed by atoms with Gasteiger partial charge >= 0.3 is 0 Å². The minimum Gasteiger partial charge on any atom is -0.384 e. The van der Waals surface area contributed by atoms with E-state index in [2.05, 4.69) is 17.1 Å². The highest BCUT2D eigenvalue weighted by Crippen LogP contribution is 2.20. The van der Waals surface area contributed by atoms with Gasteiger partial charge in [0.05, 0.1) is 6.61 Å². The maximum Gasteiger partial charge on any atom is 0.0503 e. The molecule has 15 heavy (non-hydrogen) atoms. The molecular formula is C12H26N2O. The van der Waals surface area contributed by atoms with Gasteiger partial charge in [-0.15, -0.1) is 0 Å². The lowest BCUT2D eigenvalue weighted by molar-refractivity contribution is 0.147. The molecule has 0 aromatic rings. The van der Waals surface area contributed by atoms with Gasteiger partial charge in [0.25, 0.3) is 0 Å². The Morgan fingerprint density at radius 1 is 1.53 bits per heavy atom. The number of rotatable bonds is 7. The Hall–Kier alpha value is -0.120. The number of ether oxygens (including phenoxy) is 1. The Labute approximate surface area is 94.2 Å². The lowest BCUT2D eigenvalue weighted by Gasteiger charge is -2.24. The molecule has 1 aliphatic rings. The van der Waals surface area contributed by atoms with Crippen LogP contribution in [0.3, 0.4) is 0 Å². The quantitative estimate of drug-likeness (QED) is 0.647. The van der Waals surface area contributed by atoms with Crippen LogP contribution in [0.5, 0.6) is 0 Å². The van der Waals surface area contributed by atoms with E-state index in [1.165, 1.54) is 32.4 Å². The zero-order valence-electron chi connectivity index (χ0n) is 10.5. The molecule has 0 saturated carbocycles. The Morgan fingerprint density at radius 2 is 2.33 bits per heavy atom. The van der Waals surface area contributed by atoms with E-state index in [-0.39, 0.29) is 0 Å². The van der Waals surface area contributed by atoms with Crippen LogP contribution in [0.25, 0.3) is 0 Å². The molecule has 3 heteroatoms. The van der Waals surface area contributed by atoms with E-state index in [0.29, 0.717) is 0 Å². The predicted molar refractivity (Wildman–Crippen MR) is 64.2 cm³/mol. The third-order valence-corrected chi connectivity index (χ3v) is 3.39. The topological polar surface area (TPSA) is 24.5 Å². The third-order valence-electron chi connectivity index (χ3n) is 3.39. The molecule has 2 atom stereocenters. The van der Waals surface area contributed by atoms with Crippen LogP contribution in [0, 0.1) is 5.92 Å². The number of nitrogens with one attached hydrogen (secondary N) is 1. The van der Waals surface area contributed by atoms with Gasteiger partial charge in [-0.25, -0.2) is 0 Å². The summed E-state index contributed by atoms with van der Waals surface area (Å²) < 4.78 is 5.22. The van der Waals surface area contributed by atoms with E-state index in [1.807, 2.05) is 7.05 Å². The molecule has 3 nitrogen and oxygen atoms in total. The minimum atomic E-state index is 0.736. The zero-order valence-corrected chi connectivity index (χ0v) is 10.5. The summed E-state index contributed by atoms with van der Waals surface area (Å²) in [4.78, 5) is 2.61. The average Bonchev–Trinajstić information content (AvgIpc) is 2.67. The summed E-state index contributed by atoms with van der Waals surface area (Å²) >= 11 is 0. The maximum absolute atomic E-state index is 5.22. The Kier molecular flexibility index (Phi) is 6.22. The van der Waals surface area contributed by atoms with E-state index in [4.69, 9.17) is 4.74 Å². The van der Waals surface area contributed by atoms with E-state index >= 15 is 0 Å². The van der Waals surface area contributed by atoms with Gasteiger partial charge in [-0.1, -0.05) is 0 Å². The second-order valence-electron chi connectivity index (χ2n) is 4.70. The first-order valence-electron chi connectivity index (χ1n) is 6.15. The molecule has 1 N–H and O–H groups in total. The molecule has 0 radical (unpaired) electrons. The van der Waals surface area contributed by atoms with Crippen LogP contribution in [-0.4, -0.2) is 51.3 Å². The standard InChI is InChI=1S/C12H26N2O/c1-11(5-4-7-13-2)14-8-6-12(9-14)10-15-3/h11-13H,4-10H2,1-3H3. The molecule has 0 aromatic heterocycles. The molecule has 0 amide bonds. The van der Waals surface area contributed by atoms with Gasteiger partial charge in [0, 0.05) is 19.7 Å². The molecule has 2 unspecified atom stereocenters. The number of hydrogen-bond acceptors (Lipinski definition) is 3. The first kappa shape index (κ1) is 12.9. The molecule has 0 spiro atoms. The van der Waals surface area contributed by atoms with E-state index in [0.717, 1.165) is 25.1 Å². The highest BCUT2D eigenvalue weighted by atomic mass is 16.5. The fourth-order valence-corrected chi connectivity index (χ4v) is 2.39. The van der Waals surface area contributed by atoms with Crippen molar-refractivity contribution in [1.29, 1.82) is 0 Å². The number of likely N-dealkylation sites (tertiary alicyclic amines) is 1. The molecule has 90 valence electrons. The summed E-state index contributed by atoms with van der Waals surface area (Å²) in [5.74, 6) is 0.766. The van der Waals surface area contributed by atoms with Crippen molar-refractivity contribution in [2.45, 2.75) is 32.2 Å². The van der Waals surface area contributed by atoms with Gasteiger partial charge < -0.3 is 15.0 Å². The van der Waals surface area contributed by atoms with Gasteiger partial charge in [0.2, 0.25) is 0 Å². The van der Waals surface area contributed by atoms with Crippen molar-refractivity contribution in [2.24, 2.45) is 5.92 Å². The smallest absolute Gasteiger partial charge is 0.0503 e. The van der Waals surface area contributed by atoms with Crippen LogP contribution >= 0.6 is 0 Å². The first-order valence-corrected chi connectivity index (χ1v) is 6.15. The Balaban J connectivity index is 2.15. The van der Waals surface area contributed by atoms with Gasteiger partial charge in [-0.05, 0) is 52.2 Å². The summed E-state index contributed by atoms with van der Waals surface area (Å²) in [6.45, 7) is 6.91. The number of hydrogen-bond donors (Lipinski definition) is 1. The van der Waals surface area contributed by atoms with E-state index < -0.39 is 0 Å². The highest BCUT2D eigenvalue weighted by Gasteiger charge is 2.25. The Morgan fingerprint density at radius 3 is 3.00 bits per heavy atom. The lowest BCUT2D eigenvalue weighted by atomic mass is 10.1. The van der Waals surface area contributed by atoms with Crippen molar-refractivity contribution in [3.8, 4) is 0 Å². The minimum absolute atomic E-state index is 0.736. The van der Waals surface area contributed by atoms with Crippen molar-refractivity contribution in [2.75, 3.05) is 40.4 Å². The maximum atomic E-state index is 5.22. The number of methoxy groups -OCH3 is 1. The molecule has 1 aliphatic heterocycles. The normalized spacial score (nSPS) is 24.6. The summed E-state index contributed by atoms with van der Waals surface area (Å²) in [6, 6.07) is 0.736. The molecule has 0 aromatic carbocycles. The molecular weight excluding hydrogens is 188 g/mol. The molecule has 1 rings (SSSR count). The van der Waals surface area contributed by atoms with E-state index in [9.17, 15) is 0 Å². The van der Waals surface area contributed by atoms with Crippen molar-refractivity contribution < 1.29 is 4.74 Å². The number of nitrogens with zero attached hydrogens (tertiary/aromatic N) is 1. The van der Waals surface area contributed by atoms with Crippen molar-refractivity contribution >= 4 is 0 Å². The zero-order chi connectivity index (χ0) is 11.1. The molecule has 1 saturated heterocycles. The highest BCUT2D eigenvalue weighted by molar-refractivity contribution is 4.79. The SMILES string of the molecule is CNCCCC(C)N1CCC(COC)C1. The Bertz CT molecular complexity index is 164. The van der Waals surface area contributed by atoms with Crippen LogP contribution in [0.15, 0.2) is 0 Å². The molecule has 0 aliphatic carbocycles. The first-order chi connectivity index (χ1) is 7.27. The third kappa shape index (κ3) is 4.49. The summed E-state index contributed by atoms with van der Waals surface area (Å²) in [5, 5.41) is 3.20. The fraction of sp³-hybridized carbons (Fsp3) is 1.00. The van der Waals surface area contributed by atoms with Crippen molar-refractivity contribution in [3.63, 3.8) is 0 Å². The van der Waals surface area contributed by atoms with E-state index in [1.54, 1.807) is 7.11 Å².